The molecule has 0 saturated heterocycles. The molecule has 0 aliphatic carbocycles. The van der Waals surface area contributed by atoms with Crippen LogP contribution in [-0.2, 0) is 11.3 Å². The molecular weight excluding hydrogens is 479 g/mol. The lowest BCUT2D eigenvalue weighted by molar-refractivity contribution is -0.139. The van der Waals surface area contributed by atoms with E-state index in [-0.39, 0.29) is 36.9 Å². The van der Waals surface area contributed by atoms with Crippen molar-refractivity contribution in [2.75, 3.05) is 11.4 Å². The Morgan fingerprint density at radius 2 is 1.70 bits per heavy atom. The molecule has 0 bridgehead atoms. The van der Waals surface area contributed by atoms with Gasteiger partial charge in [-0.05, 0) is 62.1 Å². The van der Waals surface area contributed by atoms with Crippen LogP contribution in [0.3, 0.4) is 0 Å². The lowest BCUT2D eigenvalue weighted by Gasteiger charge is -2.22. The Kier molecular flexibility index (Phi) is 9.48. The summed E-state index contributed by atoms with van der Waals surface area (Å²) in [6.45, 7) is 6.40. The number of anilines is 1. The van der Waals surface area contributed by atoms with E-state index in [1.54, 1.807) is 41.6 Å². The van der Waals surface area contributed by atoms with Crippen LogP contribution in [0.15, 0.2) is 48.8 Å². The molecule has 9 nitrogen and oxygen atoms in total. The molecule has 0 fully saturated rings. The largest absolute Gasteiger partial charge is 0.481 e. The fourth-order valence-electron chi connectivity index (χ4n) is 4.34. The number of carboxylic acids is 1. The van der Waals surface area contributed by atoms with Gasteiger partial charge in [0, 0.05) is 36.7 Å². The highest BCUT2D eigenvalue weighted by atomic mass is 19.1. The molecule has 1 aromatic carbocycles. The molecule has 0 aliphatic heterocycles. The minimum absolute atomic E-state index is 0.0959. The molecule has 3 aromatic rings. The van der Waals surface area contributed by atoms with Crippen LogP contribution in [-0.4, -0.2) is 60.5 Å². The topological polar surface area (TPSA) is 129 Å². The Bertz CT molecular complexity index is 1200. The Labute approximate surface area is 215 Å². The number of halogens is 1. The highest BCUT2D eigenvalue weighted by Crippen LogP contribution is 2.30. The molecule has 1 amide bonds. The van der Waals surface area contributed by atoms with Crippen LogP contribution in [0.4, 0.5) is 10.1 Å². The summed E-state index contributed by atoms with van der Waals surface area (Å²) in [6.07, 6.45) is 0.709. The van der Waals surface area contributed by atoms with Crippen molar-refractivity contribution in [1.82, 2.24) is 14.5 Å². The van der Waals surface area contributed by atoms with Gasteiger partial charge in [-0.1, -0.05) is 13.8 Å². The molecule has 10 heteroatoms. The van der Waals surface area contributed by atoms with E-state index in [1.807, 2.05) is 25.3 Å². The first kappa shape index (κ1) is 27.9. The van der Waals surface area contributed by atoms with Crippen molar-refractivity contribution in [2.45, 2.75) is 64.7 Å². The standard InChI is InChI=1S/C27H33FN4O5/c1-4-31(20-9-12-29-13-10-20)27(37)24-25(17(2)3)32(14-11-21(33)15-22(34)16-23(35)36)26(30-24)18-5-7-19(28)8-6-18/h5-10,12-13,17,21-22,33-34H,4,11,14-16H2,1-3H3,(H,35,36)/t21-,22-/m1/s1. The van der Waals surface area contributed by atoms with Gasteiger partial charge >= 0.3 is 5.97 Å². The summed E-state index contributed by atoms with van der Waals surface area (Å²) in [5, 5.41) is 29.3. The van der Waals surface area contributed by atoms with E-state index in [0.29, 0.717) is 29.3 Å². The van der Waals surface area contributed by atoms with Crippen molar-refractivity contribution in [1.29, 1.82) is 0 Å². The van der Waals surface area contributed by atoms with Crippen LogP contribution in [0.1, 0.15) is 62.1 Å². The number of imidazole rings is 1. The summed E-state index contributed by atoms with van der Waals surface area (Å²) >= 11 is 0. The number of carbonyl (C=O) groups is 2. The third kappa shape index (κ3) is 6.99. The maximum absolute atomic E-state index is 13.8. The first-order chi connectivity index (χ1) is 17.6. The summed E-state index contributed by atoms with van der Waals surface area (Å²) in [4.78, 5) is 35.0. The van der Waals surface area contributed by atoms with Gasteiger partial charge in [-0.15, -0.1) is 0 Å². The summed E-state index contributed by atoms with van der Waals surface area (Å²) in [5.74, 6) is -1.51. The highest BCUT2D eigenvalue weighted by Gasteiger charge is 2.29. The van der Waals surface area contributed by atoms with Crippen LogP contribution in [0.5, 0.6) is 0 Å². The number of aromatic nitrogens is 3. The second kappa shape index (κ2) is 12.6. The Morgan fingerprint density at radius 3 is 2.27 bits per heavy atom. The number of benzene rings is 1. The number of pyridine rings is 1. The number of aliphatic carboxylic acids is 1. The molecule has 0 unspecified atom stereocenters. The van der Waals surface area contributed by atoms with Crippen molar-refractivity contribution in [3.8, 4) is 11.4 Å². The van der Waals surface area contributed by atoms with Gasteiger partial charge < -0.3 is 24.8 Å². The molecule has 2 aromatic heterocycles. The molecule has 2 atom stereocenters. The molecule has 0 spiro atoms. The van der Waals surface area contributed by atoms with Crippen LogP contribution in [0.2, 0.25) is 0 Å². The van der Waals surface area contributed by atoms with E-state index in [1.165, 1.54) is 12.1 Å². The zero-order valence-corrected chi connectivity index (χ0v) is 21.2. The number of hydrogen-bond acceptors (Lipinski definition) is 6. The Hall–Kier alpha value is -3.63. The average molecular weight is 513 g/mol. The van der Waals surface area contributed by atoms with Crippen molar-refractivity contribution in [3.05, 3.63) is 66.0 Å². The van der Waals surface area contributed by atoms with E-state index in [4.69, 9.17) is 10.1 Å². The first-order valence-electron chi connectivity index (χ1n) is 12.3. The maximum atomic E-state index is 13.8. The number of nitrogens with zero attached hydrogens (tertiary/aromatic N) is 4. The number of aliphatic hydroxyl groups is 2. The summed E-state index contributed by atoms with van der Waals surface area (Å²) < 4.78 is 15.5. The number of aliphatic hydroxyl groups excluding tert-OH is 2. The summed E-state index contributed by atoms with van der Waals surface area (Å²) in [7, 11) is 0. The van der Waals surface area contributed by atoms with Gasteiger partial charge in [-0.25, -0.2) is 9.37 Å². The second-order valence-electron chi connectivity index (χ2n) is 9.17. The van der Waals surface area contributed by atoms with E-state index in [2.05, 4.69) is 4.98 Å². The van der Waals surface area contributed by atoms with Gasteiger partial charge in [0.05, 0.1) is 24.3 Å². The third-order valence-corrected chi connectivity index (χ3v) is 6.03. The second-order valence-corrected chi connectivity index (χ2v) is 9.17. The van der Waals surface area contributed by atoms with Crippen molar-refractivity contribution < 1.29 is 29.3 Å². The van der Waals surface area contributed by atoms with Gasteiger partial charge in [0.25, 0.3) is 5.91 Å². The molecule has 198 valence electrons. The zero-order chi connectivity index (χ0) is 27.1. The van der Waals surface area contributed by atoms with Gasteiger partial charge in [-0.3, -0.25) is 14.6 Å². The zero-order valence-electron chi connectivity index (χ0n) is 21.2. The molecule has 3 N–H and O–H groups in total. The first-order valence-corrected chi connectivity index (χ1v) is 12.3. The molecule has 0 radical (unpaired) electrons. The average Bonchev–Trinajstić information content (AvgIpc) is 3.23. The van der Waals surface area contributed by atoms with E-state index >= 15 is 0 Å². The predicted molar refractivity (Wildman–Crippen MR) is 137 cm³/mol. The molecule has 0 aliphatic rings. The van der Waals surface area contributed by atoms with Crippen molar-refractivity contribution >= 4 is 17.6 Å². The van der Waals surface area contributed by atoms with E-state index < -0.39 is 30.4 Å². The molecule has 0 saturated carbocycles. The quantitative estimate of drug-likeness (QED) is 0.336. The minimum atomic E-state index is -1.17. The van der Waals surface area contributed by atoms with Gasteiger partial charge in [0.1, 0.15) is 11.6 Å². The smallest absolute Gasteiger partial charge is 0.305 e. The SMILES string of the molecule is CCN(C(=O)c1nc(-c2ccc(F)cc2)n(CC[C@@H](O)C[C@@H](O)CC(=O)O)c1C(C)C)c1ccncc1. The minimum Gasteiger partial charge on any atom is -0.481 e. The number of rotatable bonds is 12. The maximum Gasteiger partial charge on any atom is 0.305 e. The Morgan fingerprint density at radius 1 is 1.05 bits per heavy atom. The van der Waals surface area contributed by atoms with Gasteiger partial charge in [-0.2, -0.15) is 0 Å². The molecule has 3 rings (SSSR count). The van der Waals surface area contributed by atoms with Crippen LogP contribution >= 0.6 is 0 Å². The predicted octanol–water partition coefficient (Wildman–Crippen LogP) is 3.85. The van der Waals surface area contributed by atoms with Crippen LogP contribution in [0, 0.1) is 5.82 Å². The van der Waals surface area contributed by atoms with Gasteiger partial charge in [0.15, 0.2) is 5.69 Å². The molecule has 37 heavy (non-hydrogen) atoms. The highest BCUT2D eigenvalue weighted by molar-refractivity contribution is 6.06. The number of amides is 1. The lowest BCUT2D eigenvalue weighted by Crippen LogP contribution is -2.32. The fourth-order valence-corrected chi connectivity index (χ4v) is 4.34. The number of carbonyl (C=O) groups excluding carboxylic acids is 1. The van der Waals surface area contributed by atoms with Crippen LogP contribution < -0.4 is 4.90 Å². The monoisotopic (exact) mass is 512 g/mol. The Balaban J connectivity index is 2.02. The summed E-state index contributed by atoms with van der Waals surface area (Å²) in [5.41, 5.74) is 2.20. The van der Waals surface area contributed by atoms with Gasteiger partial charge in [0.2, 0.25) is 0 Å². The van der Waals surface area contributed by atoms with E-state index in [9.17, 15) is 24.2 Å². The normalized spacial score (nSPS) is 12.9. The molecule has 2 heterocycles. The van der Waals surface area contributed by atoms with E-state index in [0.717, 1.165) is 0 Å². The van der Waals surface area contributed by atoms with Crippen molar-refractivity contribution in [2.24, 2.45) is 0 Å². The lowest BCUT2D eigenvalue weighted by atomic mass is 10.0. The summed E-state index contributed by atoms with van der Waals surface area (Å²) in [6, 6.07) is 9.29. The van der Waals surface area contributed by atoms with Crippen molar-refractivity contribution in [3.63, 3.8) is 0 Å². The number of hydrogen-bond donors (Lipinski definition) is 3. The molecular formula is C27H33FN4O5. The van der Waals surface area contributed by atoms with Crippen LogP contribution in [0.25, 0.3) is 11.4 Å². The fraction of sp³-hybridized carbons (Fsp3) is 0.407. The number of carboxylic acid groups (broad SMARTS) is 1. The third-order valence-electron chi connectivity index (χ3n) is 6.03.